The van der Waals surface area contributed by atoms with Gasteiger partial charge in [-0.1, -0.05) is 25.0 Å². The van der Waals surface area contributed by atoms with Gasteiger partial charge < -0.3 is 15.2 Å². The average Bonchev–Trinajstić information content (AvgIpc) is 2.59. The summed E-state index contributed by atoms with van der Waals surface area (Å²) in [4.78, 5) is 23.3. The molecule has 0 heterocycles. The molecule has 24 heavy (non-hydrogen) atoms. The number of benzene rings is 1. The van der Waals surface area contributed by atoms with Crippen LogP contribution in [0, 0.1) is 0 Å². The number of Topliss-reactive ketones (excluding diaryl/α,β-unsaturated/α-hetero) is 1. The zero-order valence-electron chi connectivity index (χ0n) is 14.3. The number of unbranched alkanes of at least 4 members (excludes halogenated alkanes) is 2. The van der Waals surface area contributed by atoms with Crippen molar-refractivity contribution in [2.75, 3.05) is 13.7 Å². The molecule has 2 N–H and O–H groups in total. The molecule has 1 aromatic carbocycles. The van der Waals surface area contributed by atoms with Gasteiger partial charge in [0.1, 0.15) is 11.3 Å². The molecule has 1 aliphatic rings. The van der Waals surface area contributed by atoms with E-state index in [1.54, 1.807) is 7.11 Å². The molecule has 0 saturated heterocycles. The lowest BCUT2D eigenvalue weighted by Crippen LogP contribution is -2.51. The molecule has 0 radical (unpaired) electrons. The highest BCUT2D eigenvalue weighted by Crippen LogP contribution is 2.36. The fraction of sp³-hybridized carbons (Fsp3) is 0.579. The maximum absolute atomic E-state index is 12.7. The van der Waals surface area contributed by atoms with Crippen molar-refractivity contribution in [1.82, 2.24) is 5.32 Å². The average molecular weight is 333 g/mol. The SMILES string of the molecule is COc1cccc(C2(NCCCCCC(=O)O)CCCCC2=O)c1. The minimum absolute atomic E-state index is 0.208. The van der Waals surface area contributed by atoms with Crippen molar-refractivity contribution in [3.63, 3.8) is 0 Å². The van der Waals surface area contributed by atoms with Gasteiger partial charge in [0.2, 0.25) is 0 Å². The van der Waals surface area contributed by atoms with E-state index in [4.69, 9.17) is 9.84 Å². The molecule has 0 amide bonds. The Morgan fingerprint density at radius 1 is 1.29 bits per heavy atom. The standard InChI is InChI=1S/C19H27NO4/c1-24-16-9-7-8-15(14-16)19(12-5-4-10-17(19)21)20-13-6-2-3-11-18(22)23/h7-9,14,20H,2-6,10-13H2,1H3,(H,22,23). The number of carboxylic acids is 1. The number of methoxy groups -OCH3 is 1. The molecule has 0 aromatic heterocycles. The zero-order chi connectivity index (χ0) is 17.4. The predicted molar refractivity (Wildman–Crippen MR) is 92.3 cm³/mol. The van der Waals surface area contributed by atoms with Crippen molar-refractivity contribution in [3.8, 4) is 5.75 Å². The van der Waals surface area contributed by atoms with E-state index in [0.717, 1.165) is 43.4 Å². The van der Waals surface area contributed by atoms with Crippen molar-refractivity contribution < 1.29 is 19.4 Å². The Balaban J connectivity index is 2.04. The summed E-state index contributed by atoms with van der Waals surface area (Å²) >= 11 is 0. The molecule has 2 rings (SSSR count). The van der Waals surface area contributed by atoms with Crippen LogP contribution < -0.4 is 10.1 Å². The van der Waals surface area contributed by atoms with Gasteiger partial charge in [-0.3, -0.25) is 9.59 Å². The largest absolute Gasteiger partial charge is 0.497 e. The number of carboxylic acid groups (broad SMARTS) is 1. The maximum atomic E-state index is 12.7. The number of carbonyl (C=O) groups is 2. The summed E-state index contributed by atoms with van der Waals surface area (Å²) in [5.41, 5.74) is 0.344. The first-order valence-electron chi connectivity index (χ1n) is 8.73. The predicted octanol–water partition coefficient (Wildman–Crippen LogP) is 3.27. The third-order valence-corrected chi connectivity index (χ3v) is 4.74. The van der Waals surface area contributed by atoms with Crippen molar-refractivity contribution in [2.24, 2.45) is 0 Å². The molecule has 1 aromatic rings. The molecule has 132 valence electrons. The van der Waals surface area contributed by atoms with E-state index in [0.29, 0.717) is 19.4 Å². The third kappa shape index (κ3) is 4.57. The highest BCUT2D eigenvalue weighted by atomic mass is 16.5. The Labute approximate surface area is 143 Å². The smallest absolute Gasteiger partial charge is 0.303 e. The first-order valence-corrected chi connectivity index (χ1v) is 8.73. The molecular weight excluding hydrogens is 306 g/mol. The van der Waals surface area contributed by atoms with Gasteiger partial charge in [0.25, 0.3) is 0 Å². The van der Waals surface area contributed by atoms with E-state index >= 15 is 0 Å². The second-order valence-electron chi connectivity index (χ2n) is 6.40. The van der Waals surface area contributed by atoms with Crippen molar-refractivity contribution >= 4 is 11.8 Å². The first-order chi connectivity index (χ1) is 11.6. The van der Waals surface area contributed by atoms with Crippen LogP contribution >= 0.6 is 0 Å². The van der Waals surface area contributed by atoms with Crippen LogP contribution in [0.4, 0.5) is 0 Å². The van der Waals surface area contributed by atoms with E-state index in [2.05, 4.69) is 5.32 Å². The van der Waals surface area contributed by atoms with Crippen LogP contribution in [0.1, 0.15) is 56.9 Å². The Bertz CT molecular complexity index is 572. The summed E-state index contributed by atoms with van der Waals surface area (Å²) in [5, 5.41) is 12.2. The van der Waals surface area contributed by atoms with Crippen molar-refractivity contribution in [3.05, 3.63) is 29.8 Å². The highest BCUT2D eigenvalue weighted by Gasteiger charge is 2.40. The number of hydrogen-bond acceptors (Lipinski definition) is 4. The van der Waals surface area contributed by atoms with Gasteiger partial charge in [0.15, 0.2) is 5.78 Å². The monoisotopic (exact) mass is 333 g/mol. The van der Waals surface area contributed by atoms with Gasteiger partial charge in [-0.2, -0.15) is 0 Å². The maximum Gasteiger partial charge on any atom is 0.303 e. The number of rotatable bonds is 9. The summed E-state index contributed by atoms with van der Waals surface area (Å²) in [7, 11) is 1.63. The number of carbonyl (C=O) groups excluding carboxylic acids is 1. The van der Waals surface area contributed by atoms with Crippen LogP contribution in [0.3, 0.4) is 0 Å². The van der Waals surface area contributed by atoms with E-state index in [1.807, 2.05) is 24.3 Å². The van der Waals surface area contributed by atoms with Gasteiger partial charge in [-0.05, 0) is 49.9 Å². The van der Waals surface area contributed by atoms with E-state index < -0.39 is 11.5 Å². The van der Waals surface area contributed by atoms with Gasteiger partial charge in [-0.25, -0.2) is 0 Å². The molecular formula is C19H27NO4. The molecule has 1 unspecified atom stereocenters. The van der Waals surface area contributed by atoms with Gasteiger partial charge in [0.05, 0.1) is 7.11 Å². The molecule has 0 bridgehead atoms. The first kappa shape index (κ1) is 18.5. The van der Waals surface area contributed by atoms with E-state index in [-0.39, 0.29) is 12.2 Å². The van der Waals surface area contributed by atoms with Crippen LogP contribution in [0.25, 0.3) is 0 Å². The molecule has 5 nitrogen and oxygen atoms in total. The third-order valence-electron chi connectivity index (χ3n) is 4.74. The minimum Gasteiger partial charge on any atom is -0.497 e. The summed E-state index contributed by atoms with van der Waals surface area (Å²) < 4.78 is 5.31. The lowest BCUT2D eigenvalue weighted by atomic mass is 9.75. The van der Waals surface area contributed by atoms with E-state index in [9.17, 15) is 9.59 Å². The lowest BCUT2D eigenvalue weighted by molar-refractivity contribution is -0.137. The van der Waals surface area contributed by atoms with Gasteiger partial charge in [-0.15, -0.1) is 0 Å². The fourth-order valence-electron chi connectivity index (χ4n) is 3.39. The molecule has 1 atom stereocenters. The summed E-state index contributed by atoms with van der Waals surface area (Å²) in [6.45, 7) is 0.711. The van der Waals surface area contributed by atoms with Crippen molar-refractivity contribution in [1.29, 1.82) is 0 Å². The van der Waals surface area contributed by atoms with Crippen LogP contribution in [0.5, 0.6) is 5.75 Å². The Kier molecular flexibility index (Phi) is 6.79. The van der Waals surface area contributed by atoms with Crippen LogP contribution in [0.15, 0.2) is 24.3 Å². The number of hydrogen-bond donors (Lipinski definition) is 2. The molecule has 1 saturated carbocycles. The molecule has 5 heteroatoms. The summed E-state index contributed by atoms with van der Waals surface area (Å²) in [5.74, 6) is 0.249. The van der Waals surface area contributed by atoms with Gasteiger partial charge >= 0.3 is 5.97 Å². The normalized spacial score (nSPS) is 20.8. The number of ketones is 1. The van der Waals surface area contributed by atoms with Crippen LogP contribution in [0.2, 0.25) is 0 Å². The zero-order valence-corrected chi connectivity index (χ0v) is 14.3. The van der Waals surface area contributed by atoms with Gasteiger partial charge in [0, 0.05) is 12.8 Å². The Morgan fingerprint density at radius 3 is 2.83 bits per heavy atom. The summed E-state index contributed by atoms with van der Waals surface area (Å²) in [6.07, 6.45) is 5.97. The second-order valence-corrected chi connectivity index (χ2v) is 6.40. The topological polar surface area (TPSA) is 75.6 Å². The number of nitrogens with one attached hydrogen (secondary N) is 1. The quantitative estimate of drug-likeness (QED) is 0.678. The van der Waals surface area contributed by atoms with E-state index in [1.165, 1.54) is 0 Å². The Morgan fingerprint density at radius 2 is 2.12 bits per heavy atom. The molecule has 0 spiro atoms. The lowest BCUT2D eigenvalue weighted by Gasteiger charge is -2.37. The Hall–Kier alpha value is -1.88. The molecule has 1 fully saturated rings. The summed E-state index contributed by atoms with van der Waals surface area (Å²) in [6, 6.07) is 7.74. The highest BCUT2D eigenvalue weighted by molar-refractivity contribution is 5.90. The second kappa shape index (κ2) is 8.83. The molecule has 1 aliphatic carbocycles. The number of ether oxygens (including phenoxy) is 1. The van der Waals surface area contributed by atoms with Crippen molar-refractivity contribution in [2.45, 2.75) is 56.9 Å². The molecule has 0 aliphatic heterocycles. The number of aliphatic carboxylic acids is 1. The van der Waals surface area contributed by atoms with Crippen LogP contribution in [-0.2, 0) is 15.1 Å². The minimum atomic E-state index is -0.752. The fourth-order valence-corrected chi connectivity index (χ4v) is 3.39. The van der Waals surface area contributed by atoms with Crippen LogP contribution in [-0.4, -0.2) is 30.5 Å².